The minimum atomic E-state index is -3.67. The van der Waals surface area contributed by atoms with Gasteiger partial charge in [-0.25, -0.2) is 0 Å². The minimum Gasteiger partial charge on any atom is -0.784 e. The van der Waals surface area contributed by atoms with Crippen LogP contribution in [0.4, 0.5) is 13.2 Å². The Hall–Kier alpha value is 1.85. The smallest absolute Gasteiger partial charge is 0.784 e. The third-order valence-electron chi connectivity index (χ3n) is 4.61. The van der Waals surface area contributed by atoms with Crippen LogP contribution in [0.5, 0.6) is 0 Å². The van der Waals surface area contributed by atoms with Crippen LogP contribution in [-0.2, 0) is 60.6 Å². The number of hydrogen-bond donors (Lipinski definition) is 1. The first-order valence-electron chi connectivity index (χ1n) is 13.3. The fraction of sp³-hybridized carbons (Fsp3) is 0.690. The molecule has 40 heavy (non-hydrogen) atoms. The summed E-state index contributed by atoms with van der Waals surface area (Å²) in [6.07, 6.45) is 28.6. The number of halogens is 3. The molecule has 0 aliphatic heterocycles. The summed E-state index contributed by atoms with van der Waals surface area (Å²) in [5, 5.41) is 7.81. The molecule has 1 N–H and O–H groups in total. The molecule has 0 unspecified atom stereocenters. The molecule has 2 saturated carbocycles. The standard InChI is InChI=1S/C9H21P.2C8H12.C3H7O.CHF3.Ni.H2O3S.Y/c1-7(2)10(8(3)4)9(5)6;2*1-2-4-6-8-7-5-3-1;1-2-3-4;2-1(3)4;;1-4(2)3;/h7-9H,1-6H3;2*1-2,7-8H,3-6H2;4H,1-3H2;1H;;(H2,1,2,3);/q;;;-1;;+2;;/p-2. The Bertz CT molecular complexity index is 368. The third-order valence-corrected chi connectivity index (χ3v) is 8.19. The predicted molar refractivity (Wildman–Crippen MR) is 158 cm³/mol. The molecule has 0 heterocycles. The molecule has 0 saturated heterocycles. The fourth-order valence-corrected chi connectivity index (χ4v) is 7.08. The Morgan fingerprint density at radius 1 is 0.700 bits per heavy atom. The van der Waals surface area contributed by atoms with E-state index in [4.69, 9.17) is 18.4 Å². The van der Waals surface area contributed by atoms with Crippen LogP contribution in [0.25, 0.3) is 0 Å². The third kappa shape index (κ3) is 63.2. The van der Waals surface area contributed by atoms with E-state index < -0.39 is 18.0 Å². The van der Waals surface area contributed by atoms with Gasteiger partial charge in [-0.05, 0) is 120 Å². The number of hydrogen-bond acceptors (Lipinski definition) is 4. The molecule has 2 aliphatic rings. The summed E-state index contributed by atoms with van der Waals surface area (Å²) in [5.74, 6) is 0. The first-order chi connectivity index (χ1) is 17.8. The van der Waals surface area contributed by atoms with Crippen molar-refractivity contribution in [3.8, 4) is 0 Å². The van der Waals surface area contributed by atoms with Crippen molar-refractivity contribution in [2.75, 3.05) is 6.61 Å². The van der Waals surface area contributed by atoms with E-state index in [0.29, 0.717) is 6.42 Å². The van der Waals surface area contributed by atoms with Gasteiger partial charge in [0.2, 0.25) is 0 Å². The predicted octanol–water partition coefficient (Wildman–Crippen LogP) is 8.82. The molecule has 239 valence electrons. The molecule has 2 aliphatic carbocycles. The molecule has 0 atom stereocenters. The first-order valence-corrected chi connectivity index (χ1v) is 15.9. The summed E-state index contributed by atoms with van der Waals surface area (Å²) in [4.78, 5) is 0. The van der Waals surface area contributed by atoms with Gasteiger partial charge in [0, 0.05) is 39.3 Å². The summed E-state index contributed by atoms with van der Waals surface area (Å²) in [7, 11) is 0.262. The molecular formula is C29H53F3NiO4PSY-. The Morgan fingerprint density at radius 2 is 0.825 bits per heavy atom. The van der Waals surface area contributed by atoms with Crippen LogP contribution in [0, 0.1) is 58.3 Å². The molecule has 0 bridgehead atoms. The van der Waals surface area contributed by atoms with Crippen molar-refractivity contribution in [1.82, 2.24) is 0 Å². The van der Waals surface area contributed by atoms with E-state index in [1.54, 1.807) is 0 Å². The van der Waals surface area contributed by atoms with E-state index in [2.05, 4.69) is 99.8 Å². The molecule has 0 aromatic heterocycles. The van der Waals surface area contributed by atoms with E-state index in [1.807, 2.05) is 0 Å². The quantitative estimate of drug-likeness (QED) is 0.136. The molecule has 9 radical (unpaired) electrons. The molecule has 4 nitrogen and oxygen atoms in total. The van der Waals surface area contributed by atoms with Gasteiger partial charge in [-0.15, -0.1) is 11.4 Å². The van der Waals surface area contributed by atoms with Crippen molar-refractivity contribution in [1.29, 1.82) is 0 Å². The maximum absolute atomic E-state index is 9.67. The van der Waals surface area contributed by atoms with Gasteiger partial charge >= 0.3 is 23.2 Å². The summed E-state index contributed by atoms with van der Waals surface area (Å²) < 4.78 is 54.3. The summed E-state index contributed by atoms with van der Waals surface area (Å²) in [6, 6.07) is 0. The van der Waals surface area contributed by atoms with Gasteiger partial charge in [-0.2, -0.15) is 19.6 Å². The number of rotatable bonds is 4. The van der Waals surface area contributed by atoms with Crippen LogP contribution >= 0.6 is 7.92 Å². The second-order valence-electron chi connectivity index (χ2n) is 8.95. The maximum Gasteiger partial charge on any atom is 2.00 e. The Kier molecular flexibility index (Phi) is 61.5. The van der Waals surface area contributed by atoms with E-state index in [-0.39, 0.29) is 63.7 Å². The largest absolute Gasteiger partial charge is 2.00 e. The molecule has 2 fully saturated rings. The van der Waals surface area contributed by atoms with Gasteiger partial charge in [0.05, 0.1) is 0 Å². The Morgan fingerprint density at radius 3 is 0.875 bits per heavy atom. The van der Waals surface area contributed by atoms with Gasteiger partial charge in [0.1, 0.15) is 0 Å². The van der Waals surface area contributed by atoms with Crippen LogP contribution < -0.4 is 0 Å². The number of alkyl halides is 3. The van der Waals surface area contributed by atoms with Gasteiger partial charge < -0.3 is 21.1 Å². The van der Waals surface area contributed by atoms with E-state index in [1.165, 1.54) is 51.4 Å². The van der Waals surface area contributed by atoms with Gasteiger partial charge in [0.15, 0.2) is 0 Å². The molecule has 0 spiro atoms. The average molecular weight is 733 g/mol. The summed E-state index contributed by atoms with van der Waals surface area (Å²) in [6.45, 7) is 14.0. The fourth-order valence-electron chi connectivity index (χ4n) is 3.50. The van der Waals surface area contributed by atoms with E-state index in [0.717, 1.165) is 17.0 Å². The van der Waals surface area contributed by atoms with Crippen molar-refractivity contribution in [2.45, 2.75) is 123 Å². The normalized spacial score (nSPS) is 15.3. The van der Waals surface area contributed by atoms with Crippen LogP contribution in [-0.4, -0.2) is 48.7 Å². The zero-order valence-corrected chi connectivity index (χ0v) is 30.8. The minimum absolute atomic E-state index is 0. The molecule has 11 heteroatoms. The van der Waals surface area contributed by atoms with Crippen LogP contribution in [0.3, 0.4) is 0 Å². The van der Waals surface area contributed by atoms with Crippen molar-refractivity contribution >= 4 is 19.3 Å². The number of aliphatic hydroxyl groups excluding tert-OH is 1. The number of aliphatic hydroxyl groups is 1. The Labute approximate surface area is 286 Å². The second-order valence-corrected chi connectivity index (χ2v) is 13.4. The van der Waals surface area contributed by atoms with Crippen molar-refractivity contribution in [3.05, 3.63) is 58.3 Å². The van der Waals surface area contributed by atoms with Crippen molar-refractivity contribution in [2.24, 2.45) is 0 Å². The van der Waals surface area contributed by atoms with Gasteiger partial charge in [-0.1, -0.05) is 49.5 Å². The topological polar surface area (TPSA) is 83.4 Å². The van der Waals surface area contributed by atoms with E-state index in [9.17, 15) is 13.2 Å². The SMILES string of the molecule is CC(C)P(C(C)C)C(C)C.FC(F)F.O=S([O-])[O-].[CH2-]CCO.[CH]1[CH]CC[CH][CH]CC1.[CH]1[CH]CC[CH][CH]CC1.[Ni+2].[Y]. The summed E-state index contributed by atoms with van der Waals surface area (Å²) >= 11 is -3.11. The van der Waals surface area contributed by atoms with Crippen molar-refractivity contribution in [3.63, 3.8) is 0 Å². The molecule has 0 aromatic carbocycles. The molecule has 2 rings (SSSR count). The molecule has 0 aromatic rings. The maximum atomic E-state index is 9.67. The average Bonchev–Trinajstić information content (AvgIpc) is 2.72. The molecule has 0 amide bonds. The van der Waals surface area contributed by atoms with Gasteiger partial charge in [0.25, 0.3) is 0 Å². The first kappa shape index (κ1) is 54.3. The second kappa shape index (κ2) is 45.3. The monoisotopic (exact) mass is 732 g/mol. The van der Waals surface area contributed by atoms with E-state index >= 15 is 0 Å². The summed E-state index contributed by atoms with van der Waals surface area (Å²) in [5.41, 5.74) is 2.69. The van der Waals surface area contributed by atoms with Crippen LogP contribution in [0.2, 0.25) is 0 Å². The molecular weight excluding hydrogens is 680 g/mol. The van der Waals surface area contributed by atoms with Crippen LogP contribution in [0.15, 0.2) is 0 Å². The van der Waals surface area contributed by atoms with Crippen molar-refractivity contribution < 1.29 is 80.8 Å². The van der Waals surface area contributed by atoms with Crippen LogP contribution in [0.1, 0.15) is 99.3 Å². The zero-order valence-electron chi connectivity index (χ0n) is 25.3. The van der Waals surface area contributed by atoms with Gasteiger partial charge in [-0.3, -0.25) is 4.21 Å². The zero-order chi connectivity index (χ0) is 30.2. The Balaban J connectivity index is -0.0000000892.